The van der Waals surface area contributed by atoms with E-state index < -0.39 is 0 Å². The van der Waals surface area contributed by atoms with Crippen molar-refractivity contribution < 1.29 is 0 Å². The highest BCUT2D eigenvalue weighted by Gasteiger charge is 2.06. The van der Waals surface area contributed by atoms with Gasteiger partial charge in [0.25, 0.3) is 0 Å². The number of nitrogens with zero attached hydrogens (tertiary/aromatic N) is 3. The molecule has 0 radical (unpaired) electrons. The van der Waals surface area contributed by atoms with Crippen molar-refractivity contribution in [3.8, 4) is 0 Å². The molecule has 6 nitrogen and oxygen atoms in total. The lowest BCUT2D eigenvalue weighted by molar-refractivity contribution is 0.566. The van der Waals surface area contributed by atoms with Gasteiger partial charge in [0.05, 0.1) is 6.33 Å². The lowest BCUT2D eigenvalue weighted by Gasteiger charge is -2.06. The molecule has 4 N–H and O–H groups in total. The molecule has 0 saturated heterocycles. The number of aromatic nitrogens is 4. The second kappa shape index (κ2) is 4.99. The van der Waals surface area contributed by atoms with Crippen LogP contribution in [0.2, 0.25) is 0 Å². The summed E-state index contributed by atoms with van der Waals surface area (Å²) in [6.45, 7) is 5.28. The summed E-state index contributed by atoms with van der Waals surface area (Å²) in [5.41, 5.74) is 7.08. The van der Waals surface area contributed by atoms with Crippen LogP contribution in [0, 0.1) is 5.92 Å². The molecule has 0 bridgehead atoms. The number of hydrogen-bond donors (Lipinski definition) is 3. The molecule has 0 saturated carbocycles. The highest BCUT2D eigenvalue weighted by atomic mass is 15.2. The standard InChI is InChI=1S/C11H18N6/c1-7(2)4-3-5-13-11-16-9(12)8-10(17-11)15-6-14-8/h6-7H,3-5H2,1-2H3,(H4,12,13,14,15,16,17). The van der Waals surface area contributed by atoms with Gasteiger partial charge in [-0.25, -0.2) is 4.98 Å². The van der Waals surface area contributed by atoms with E-state index in [0.717, 1.165) is 18.9 Å². The number of nitrogen functional groups attached to an aromatic ring is 1. The average Bonchev–Trinajstić information content (AvgIpc) is 2.72. The van der Waals surface area contributed by atoms with Gasteiger partial charge in [-0.05, 0) is 18.8 Å². The average molecular weight is 234 g/mol. The van der Waals surface area contributed by atoms with Crippen LogP contribution in [0.25, 0.3) is 11.2 Å². The van der Waals surface area contributed by atoms with Gasteiger partial charge in [-0.3, -0.25) is 0 Å². The van der Waals surface area contributed by atoms with Crippen molar-refractivity contribution in [2.75, 3.05) is 17.6 Å². The molecule has 0 atom stereocenters. The maximum Gasteiger partial charge on any atom is 0.226 e. The van der Waals surface area contributed by atoms with Crippen LogP contribution in [-0.2, 0) is 0 Å². The van der Waals surface area contributed by atoms with Crippen LogP contribution in [0.5, 0.6) is 0 Å². The van der Waals surface area contributed by atoms with Crippen molar-refractivity contribution in [3.05, 3.63) is 6.33 Å². The first-order valence-electron chi connectivity index (χ1n) is 5.87. The topological polar surface area (TPSA) is 92.5 Å². The van der Waals surface area contributed by atoms with Crippen molar-refractivity contribution in [3.63, 3.8) is 0 Å². The summed E-state index contributed by atoms with van der Waals surface area (Å²) in [6, 6.07) is 0. The molecule has 6 heteroatoms. The molecule has 17 heavy (non-hydrogen) atoms. The fourth-order valence-corrected chi connectivity index (χ4v) is 1.65. The van der Waals surface area contributed by atoms with Crippen LogP contribution >= 0.6 is 0 Å². The molecule has 0 fully saturated rings. The summed E-state index contributed by atoms with van der Waals surface area (Å²) < 4.78 is 0. The number of nitrogens with two attached hydrogens (primary N) is 1. The van der Waals surface area contributed by atoms with E-state index in [1.165, 1.54) is 6.42 Å². The van der Waals surface area contributed by atoms with Crippen LogP contribution in [0.3, 0.4) is 0 Å². The summed E-state index contributed by atoms with van der Waals surface area (Å²) in [4.78, 5) is 15.4. The number of rotatable bonds is 5. The Bertz CT molecular complexity index is 490. The molecule has 0 aliphatic heterocycles. The van der Waals surface area contributed by atoms with E-state index in [4.69, 9.17) is 5.73 Å². The van der Waals surface area contributed by atoms with E-state index in [9.17, 15) is 0 Å². The SMILES string of the molecule is CC(C)CCCNc1nc(N)c2[nH]cnc2n1. The zero-order chi connectivity index (χ0) is 12.3. The normalized spacial score (nSPS) is 11.2. The number of hydrogen-bond acceptors (Lipinski definition) is 5. The predicted molar refractivity (Wildman–Crippen MR) is 68.7 cm³/mol. The van der Waals surface area contributed by atoms with Crippen molar-refractivity contribution in [1.29, 1.82) is 0 Å². The van der Waals surface area contributed by atoms with Gasteiger partial charge in [-0.15, -0.1) is 0 Å². The zero-order valence-electron chi connectivity index (χ0n) is 10.2. The second-order valence-electron chi connectivity index (χ2n) is 4.50. The van der Waals surface area contributed by atoms with Gasteiger partial charge in [0.15, 0.2) is 11.5 Å². The van der Waals surface area contributed by atoms with E-state index in [1.54, 1.807) is 6.33 Å². The molecular weight excluding hydrogens is 216 g/mol. The van der Waals surface area contributed by atoms with Crippen molar-refractivity contribution in [2.45, 2.75) is 26.7 Å². The van der Waals surface area contributed by atoms with E-state index in [2.05, 4.69) is 39.1 Å². The number of anilines is 2. The first-order valence-corrected chi connectivity index (χ1v) is 5.87. The Morgan fingerprint density at radius 2 is 2.24 bits per heavy atom. The molecule has 0 aromatic carbocycles. The summed E-state index contributed by atoms with van der Waals surface area (Å²) in [7, 11) is 0. The predicted octanol–water partition coefficient (Wildman–Crippen LogP) is 1.78. The Labute approximate surface area is 100 Å². The van der Waals surface area contributed by atoms with E-state index in [1.807, 2.05) is 0 Å². The van der Waals surface area contributed by atoms with Gasteiger partial charge in [0, 0.05) is 6.54 Å². The van der Waals surface area contributed by atoms with E-state index >= 15 is 0 Å². The summed E-state index contributed by atoms with van der Waals surface area (Å²) in [5, 5.41) is 3.17. The lowest BCUT2D eigenvalue weighted by atomic mass is 10.1. The van der Waals surface area contributed by atoms with Crippen molar-refractivity contribution >= 4 is 22.9 Å². The fraction of sp³-hybridized carbons (Fsp3) is 0.545. The number of fused-ring (bicyclic) bond motifs is 1. The molecule has 2 heterocycles. The maximum atomic E-state index is 5.79. The van der Waals surface area contributed by atoms with Gasteiger partial charge < -0.3 is 16.0 Å². The van der Waals surface area contributed by atoms with Crippen LogP contribution in [0.15, 0.2) is 6.33 Å². The monoisotopic (exact) mass is 234 g/mol. The van der Waals surface area contributed by atoms with Crippen LogP contribution in [0.4, 0.5) is 11.8 Å². The highest BCUT2D eigenvalue weighted by molar-refractivity contribution is 5.82. The van der Waals surface area contributed by atoms with Crippen molar-refractivity contribution in [2.24, 2.45) is 5.92 Å². The smallest absolute Gasteiger partial charge is 0.226 e. The molecule has 0 aliphatic rings. The Kier molecular flexibility index (Phi) is 3.41. The molecule has 0 aliphatic carbocycles. The molecule has 0 unspecified atom stereocenters. The molecule has 2 aromatic heterocycles. The first-order chi connectivity index (χ1) is 8.16. The van der Waals surface area contributed by atoms with Gasteiger partial charge in [0.1, 0.15) is 5.52 Å². The Balaban J connectivity index is 1.99. The second-order valence-corrected chi connectivity index (χ2v) is 4.50. The summed E-state index contributed by atoms with van der Waals surface area (Å²) in [6.07, 6.45) is 3.85. The van der Waals surface area contributed by atoms with Gasteiger partial charge >= 0.3 is 0 Å². The van der Waals surface area contributed by atoms with E-state index in [0.29, 0.717) is 22.9 Å². The number of H-pyrrole nitrogens is 1. The zero-order valence-corrected chi connectivity index (χ0v) is 10.2. The molecule has 2 rings (SSSR count). The number of aromatic amines is 1. The molecule has 0 amide bonds. The van der Waals surface area contributed by atoms with Gasteiger partial charge in [-0.1, -0.05) is 13.8 Å². The Morgan fingerprint density at radius 1 is 1.41 bits per heavy atom. The molecular formula is C11H18N6. The third-order valence-corrected chi connectivity index (χ3v) is 2.55. The fourth-order valence-electron chi connectivity index (χ4n) is 1.65. The van der Waals surface area contributed by atoms with Crippen molar-refractivity contribution in [1.82, 2.24) is 19.9 Å². The maximum absolute atomic E-state index is 5.79. The van der Waals surface area contributed by atoms with Gasteiger partial charge in [-0.2, -0.15) is 9.97 Å². The minimum atomic E-state index is 0.429. The Hall–Kier alpha value is -1.85. The van der Waals surface area contributed by atoms with Gasteiger partial charge in [0.2, 0.25) is 5.95 Å². The first kappa shape index (κ1) is 11.6. The highest BCUT2D eigenvalue weighted by Crippen LogP contribution is 2.15. The minimum absolute atomic E-state index is 0.429. The minimum Gasteiger partial charge on any atom is -0.382 e. The number of nitrogens with one attached hydrogen (secondary N) is 2. The van der Waals surface area contributed by atoms with Crippen LogP contribution < -0.4 is 11.1 Å². The summed E-state index contributed by atoms with van der Waals surface area (Å²) >= 11 is 0. The lowest BCUT2D eigenvalue weighted by Crippen LogP contribution is -2.08. The van der Waals surface area contributed by atoms with Crippen LogP contribution in [0.1, 0.15) is 26.7 Å². The third kappa shape index (κ3) is 2.83. The summed E-state index contributed by atoms with van der Waals surface area (Å²) in [5.74, 6) is 1.70. The number of imidazole rings is 1. The quantitative estimate of drug-likeness (QED) is 0.686. The Morgan fingerprint density at radius 3 is 3.00 bits per heavy atom. The van der Waals surface area contributed by atoms with E-state index in [-0.39, 0.29) is 0 Å². The molecule has 2 aromatic rings. The largest absolute Gasteiger partial charge is 0.382 e. The molecule has 0 spiro atoms. The molecule has 92 valence electrons. The third-order valence-electron chi connectivity index (χ3n) is 2.55. The van der Waals surface area contributed by atoms with Crippen LogP contribution in [-0.4, -0.2) is 26.5 Å².